The monoisotopic (exact) mass is 388 g/mol. The highest BCUT2D eigenvalue weighted by Gasteiger charge is 2.23. The molecule has 4 rings (SSSR count). The van der Waals surface area contributed by atoms with Crippen molar-refractivity contribution in [2.75, 3.05) is 19.4 Å². The van der Waals surface area contributed by atoms with Crippen molar-refractivity contribution in [3.63, 3.8) is 0 Å². The van der Waals surface area contributed by atoms with Gasteiger partial charge in [-0.3, -0.25) is 18.7 Å². The van der Waals surface area contributed by atoms with Crippen LogP contribution in [0.3, 0.4) is 0 Å². The van der Waals surface area contributed by atoms with Crippen molar-refractivity contribution in [3.8, 4) is 11.3 Å². The lowest BCUT2D eigenvalue weighted by molar-refractivity contribution is 0.0821. The molecule has 4 aromatic rings. The predicted octanol–water partition coefficient (Wildman–Crippen LogP) is 1.88. The van der Waals surface area contributed by atoms with Crippen molar-refractivity contribution in [3.05, 3.63) is 66.2 Å². The van der Waals surface area contributed by atoms with Gasteiger partial charge in [0.25, 0.3) is 11.8 Å². The van der Waals surface area contributed by atoms with E-state index in [9.17, 15) is 9.59 Å². The maximum atomic E-state index is 12.8. The van der Waals surface area contributed by atoms with Crippen LogP contribution in [0.15, 0.2) is 48.9 Å². The molecule has 0 unspecified atom stereocenters. The number of aryl methyl sites for hydroxylation is 1. The molecule has 0 aliphatic carbocycles. The van der Waals surface area contributed by atoms with Gasteiger partial charge in [-0.1, -0.05) is 18.2 Å². The number of carbonyl (C=O) groups excluding carboxylic acids is 2. The number of fused-ring (bicyclic) bond motifs is 1. The Morgan fingerprint density at radius 1 is 1.21 bits per heavy atom. The van der Waals surface area contributed by atoms with Crippen molar-refractivity contribution in [2.24, 2.45) is 7.05 Å². The van der Waals surface area contributed by atoms with Gasteiger partial charge in [-0.15, -0.1) is 0 Å². The van der Waals surface area contributed by atoms with Gasteiger partial charge >= 0.3 is 0 Å². The van der Waals surface area contributed by atoms with Crippen LogP contribution >= 0.6 is 0 Å². The highest BCUT2D eigenvalue weighted by Crippen LogP contribution is 2.19. The van der Waals surface area contributed by atoms with E-state index >= 15 is 0 Å². The fourth-order valence-electron chi connectivity index (χ4n) is 2.91. The van der Waals surface area contributed by atoms with Gasteiger partial charge in [0.2, 0.25) is 5.78 Å². The first-order valence-electron chi connectivity index (χ1n) is 8.81. The van der Waals surface area contributed by atoms with Gasteiger partial charge in [-0.2, -0.15) is 10.1 Å². The molecule has 0 fully saturated rings. The summed E-state index contributed by atoms with van der Waals surface area (Å²) >= 11 is 0. The van der Waals surface area contributed by atoms with Gasteiger partial charge in [0.05, 0.1) is 17.5 Å². The highest BCUT2D eigenvalue weighted by atomic mass is 16.2. The van der Waals surface area contributed by atoms with E-state index in [0.29, 0.717) is 11.6 Å². The number of benzene rings is 1. The lowest BCUT2D eigenvalue weighted by Crippen LogP contribution is -2.26. The second-order valence-electron chi connectivity index (χ2n) is 6.62. The van der Waals surface area contributed by atoms with Crippen LogP contribution in [-0.4, -0.2) is 55.0 Å². The largest absolute Gasteiger partial charge is 0.345 e. The third-order valence-electron chi connectivity index (χ3n) is 4.36. The summed E-state index contributed by atoms with van der Waals surface area (Å²) in [5, 5.41) is 6.76. The second-order valence-corrected chi connectivity index (χ2v) is 6.62. The van der Waals surface area contributed by atoms with Crippen LogP contribution in [0.2, 0.25) is 0 Å². The van der Waals surface area contributed by atoms with E-state index in [2.05, 4.69) is 26.4 Å². The van der Waals surface area contributed by atoms with Gasteiger partial charge in [0.15, 0.2) is 0 Å². The van der Waals surface area contributed by atoms with E-state index in [1.807, 2.05) is 30.5 Å². The van der Waals surface area contributed by atoms with Crippen LogP contribution in [0, 0.1) is 6.07 Å². The molecule has 1 N–H and O–H groups in total. The number of hydrogen-bond acceptors (Lipinski definition) is 5. The molecule has 2 amide bonds. The van der Waals surface area contributed by atoms with Crippen LogP contribution in [0.25, 0.3) is 17.0 Å². The van der Waals surface area contributed by atoms with E-state index in [4.69, 9.17) is 0 Å². The second kappa shape index (κ2) is 7.19. The number of nitrogens with zero attached hydrogens (tertiary/aromatic N) is 6. The van der Waals surface area contributed by atoms with Crippen LogP contribution in [0.5, 0.6) is 0 Å². The number of carbonyl (C=O) groups is 2. The van der Waals surface area contributed by atoms with Crippen LogP contribution in [0.4, 0.5) is 5.82 Å². The molecule has 29 heavy (non-hydrogen) atoms. The molecule has 9 heteroatoms. The number of rotatable bonds is 4. The average molecular weight is 388 g/mol. The molecule has 1 radical (unpaired) electrons. The van der Waals surface area contributed by atoms with Gasteiger partial charge in [0, 0.05) is 39.1 Å². The molecular weight excluding hydrogens is 370 g/mol. The smallest absolute Gasteiger partial charge is 0.275 e. The first kappa shape index (κ1) is 18.4. The lowest BCUT2D eigenvalue weighted by atomic mass is 10.2. The number of anilines is 1. The fraction of sp³-hybridized carbons (Fsp3) is 0.150. The summed E-state index contributed by atoms with van der Waals surface area (Å²) in [5.41, 5.74) is 2.06. The Morgan fingerprint density at radius 3 is 2.76 bits per heavy atom. The van der Waals surface area contributed by atoms with Crippen LogP contribution in [0.1, 0.15) is 20.8 Å². The normalized spacial score (nSPS) is 10.9. The predicted molar refractivity (Wildman–Crippen MR) is 106 cm³/mol. The topological polar surface area (TPSA) is 97.4 Å². The third kappa shape index (κ3) is 3.45. The summed E-state index contributed by atoms with van der Waals surface area (Å²) < 4.78 is 3.13. The standard InChI is InChI=1S/C20H18N7O2/c1-25(2)19(29)14-11-21-26(3)17(14)18(28)23-16-9-10-27-12-15(22-20(27)24-16)13-7-5-4-6-8-13/h4-5,7-12H,1-3H3,(H,22,23,24,28). The number of amides is 2. The van der Waals surface area contributed by atoms with Crippen molar-refractivity contribution in [1.29, 1.82) is 0 Å². The lowest BCUT2D eigenvalue weighted by Gasteiger charge is -2.11. The van der Waals surface area contributed by atoms with E-state index in [-0.39, 0.29) is 17.2 Å². The summed E-state index contributed by atoms with van der Waals surface area (Å²) in [4.78, 5) is 35.4. The SMILES string of the molecule is CN(C)C(=O)c1cnn(C)c1C(=O)Nc1ccn2cc(-c3c[c]ccc3)nc2n1. The zero-order chi connectivity index (χ0) is 20.5. The molecule has 0 atom stereocenters. The minimum absolute atomic E-state index is 0.161. The van der Waals surface area contributed by atoms with Gasteiger partial charge in [-0.05, 0) is 18.2 Å². The Labute approximate surface area is 166 Å². The van der Waals surface area contributed by atoms with Crippen molar-refractivity contribution in [1.82, 2.24) is 29.0 Å². The first-order chi connectivity index (χ1) is 13.9. The minimum atomic E-state index is -0.475. The molecule has 0 saturated carbocycles. The van der Waals surface area contributed by atoms with Gasteiger partial charge in [-0.25, -0.2) is 4.98 Å². The van der Waals surface area contributed by atoms with E-state index in [1.54, 1.807) is 37.8 Å². The van der Waals surface area contributed by atoms with E-state index in [1.165, 1.54) is 15.8 Å². The Kier molecular flexibility index (Phi) is 4.55. The maximum absolute atomic E-state index is 12.8. The molecule has 9 nitrogen and oxygen atoms in total. The Balaban J connectivity index is 1.63. The molecule has 1 aromatic carbocycles. The summed E-state index contributed by atoms with van der Waals surface area (Å²) in [6.07, 6.45) is 4.99. The summed E-state index contributed by atoms with van der Waals surface area (Å²) in [5.74, 6) is -0.0132. The Hall–Kier alpha value is -4.01. The quantitative estimate of drug-likeness (QED) is 0.576. The zero-order valence-electron chi connectivity index (χ0n) is 16.1. The molecular formula is C20H18N7O2. The molecule has 3 heterocycles. The number of imidazole rings is 1. The molecule has 3 aromatic heterocycles. The van der Waals surface area contributed by atoms with E-state index in [0.717, 1.165) is 11.3 Å². The Bertz CT molecular complexity index is 1210. The number of hydrogen-bond donors (Lipinski definition) is 1. The van der Waals surface area contributed by atoms with Crippen molar-refractivity contribution < 1.29 is 9.59 Å². The molecule has 0 spiro atoms. The Morgan fingerprint density at radius 2 is 2.03 bits per heavy atom. The fourth-order valence-corrected chi connectivity index (χ4v) is 2.91. The number of nitrogens with one attached hydrogen (secondary N) is 1. The highest BCUT2D eigenvalue weighted by molar-refractivity contribution is 6.10. The summed E-state index contributed by atoms with van der Waals surface area (Å²) in [6, 6.07) is 12.2. The van der Waals surface area contributed by atoms with Gasteiger partial charge < -0.3 is 10.2 Å². The first-order valence-corrected chi connectivity index (χ1v) is 8.81. The summed E-state index contributed by atoms with van der Waals surface area (Å²) in [7, 11) is 4.84. The molecule has 145 valence electrons. The van der Waals surface area contributed by atoms with Crippen molar-refractivity contribution in [2.45, 2.75) is 0 Å². The average Bonchev–Trinajstić information content (AvgIpc) is 3.31. The third-order valence-corrected chi connectivity index (χ3v) is 4.36. The molecule has 0 bridgehead atoms. The van der Waals surface area contributed by atoms with Crippen LogP contribution in [-0.2, 0) is 7.05 Å². The molecule has 0 aliphatic heterocycles. The zero-order valence-corrected chi connectivity index (χ0v) is 16.1. The number of aromatic nitrogens is 5. The van der Waals surface area contributed by atoms with Gasteiger partial charge in [0.1, 0.15) is 11.5 Å². The minimum Gasteiger partial charge on any atom is -0.345 e. The maximum Gasteiger partial charge on any atom is 0.275 e. The van der Waals surface area contributed by atoms with Crippen molar-refractivity contribution >= 4 is 23.4 Å². The van der Waals surface area contributed by atoms with E-state index < -0.39 is 5.91 Å². The summed E-state index contributed by atoms with van der Waals surface area (Å²) in [6.45, 7) is 0. The van der Waals surface area contributed by atoms with Crippen LogP contribution < -0.4 is 5.32 Å². The molecule has 0 saturated heterocycles. The molecule has 0 aliphatic rings.